The van der Waals surface area contributed by atoms with Crippen LogP contribution in [0.4, 0.5) is 0 Å². The second kappa shape index (κ2) is 8.19. The van der Waals surface area contributed by atoms with Gasteiger partial charge >= 0.3 is 5.97 Å². The molecule has 3 rings (SSSR count). The first-order valence-electron chi connectivity index (χ1n) is 9.85. The molecule has 4 nitrogen and oxygen atoms in total. The lowest BCUT2D eigenvalue weighted by atomic mass is 9.73. The molecule has 5 heteroatoms. The molecule has 0 spiro atoms. The quantitative estimate of drug-likeness (QED) is 0.471. The van der Waals surface area contributed by atoms with Gasteiger partial charge in [-0.15, -0.1) is 0 Å². The van der Waals surface area contributed by atoms with Gasteiger partial charge < -0.3 is 4.74 Å². The van der Waals surface area contributed by atoms with E-state index in [1.54, 1.807) is 45.0 Å². The highest BCUT2D eigenvalue weighted by Crippen LogP contribution is 2.47. The summed E-state index contributed by atoms with van der Waals surface area (Å²) in [6, 6.07) is 14.3. The summed E-state index contributed by atoms with van der Waals surface area (Å²) in [5.41, 5.74) is -0.0213. The standard InChI is InChI=1S/C25H25ClO4/c1-16(27)12-19(13-17-8-6-5-7-9-17)25(23(29)30-24(2,3)4)15-18-14-20(26)10-11-21(18)22(25)28/h5-11,13-14H,12,15H2,1-4H3/b19-13+/t25-/m0/s1. The third-order valence-electron chi connectivity index (χ3n) is 5.03. The average Bonchev–Trinajstić information content (AvgIpc) is 2.93. The van der Waals surface area contributed by atoms with Gasteiger partial charge in [-0.05, 0) is 62.6 Å². The lowest BCUT2D eigenvalue weighted by molar-refractivity contribution is -0.162. The molecule has 1 aliphatic rings. The van der Waals surface area contributed by atoms with Crippen LogP contribution in [0.5, 0.6) is 0 Å². The predicted octanol–water partition coefficient (Wildman–Crippen LogP) is 5.47. The summed E-state index contributed by atoms with van der Waals surface area (Å²) < 4.78 is 5.71. The fourth-order valence-electron chi connectivity index (χ4n) is 3.79. The van der Waals surface area contributed by atoms with Crippen molar-refractivity contribution >= 4 is 35.2 Å². The summed E-state index contributed by atoms with van der Waals surface area (Å²) in [6.07, 6.45) is 1.85. The third-order valence-corrected chi connectivity index (χ3v) is 5.27. The first-order chi connectivity index (χ1) is 14.0. The Hall–Kier alpha value is -2.72. The average molecular weight is 425 g/mol. The van der Waals surface area contributed by atoms with Crippen LogP contribution in [0.1, 0.15) is 55.6 Å². The van der Waals surface area contributed by atoms with Crippen LogP contribution in [0.15, 0.2) is 54.1 Å². The molecule has 156 valence electrons. The number of esters is 1. The van der Waals surface area contributed by atoms with Crippen LogP contribution in [0, 0.1) is 5.41 Å². The highest BCUT2D eigenvalue weighted by molar-refractivity contribution is 6.31. The number of rotatable bonds is 5. The minimum absolute atomic E-state index is 0.0262. The zero-order valence-electron chi connectivity index (χ0n) is 17.6. The van der Waals surface area contributed by atoms with Crippen LogP contribution in [0.2, 0.25) is 5.02 Å². The minimum atomic E-state index is -1.60. The summed E-state index contributed by atoms with van der Waals surface area (Å²) in [6.45, 7) is 6.72. The van der Waals surface area contributed by atoms with Crippen molar-refractivity contribution in [2.75, 3.05) is 0 Å². The predicted molar refractivity (Wildman–Crippen MR) is 117 cm³/mol. The summed E-state index contributed by atoms with van der Waals surface area (Å²) in [5.74, 6) is -1.13. The number of carbonyl (C=O) groups excluding carboxylic acids is 3. The van der Waals surface area contributed by atoms with Crippen LogP contribution in [-0.4, -0.2) is 23.1 Å². The number of benzene rings is 2. The maximum atomic E-state index is 13.7. The fraction of sp³-hybridized carbons (Fsp3) is 0.320. The zero-order chi connectivity index (χ0) is 22.1. The van der Waals surface area contributed by atoms with E-state index >= 15 is 0 Å². The highest BCUT2D eigenvalue weighted by Gasteiger charge is 2.56. The molecular weight excluding hydrogens is 400 g/mol. The largest absolute Gasteiger partial charge is 0.459 e. The number of hydrogen-bond acceptors (Lipinski definition) is 4. The van der Waals surface area contributed by atoms with Crippen molar-refractivity contribution in [2.45, 2.75) is 46.1 Å². The van der Waals surface area contributed by atoms with E-state index in [2.05, 4.69) is 0 Å². The monoisotopic (exact) mass is 424 g/mol. The smallest absolute Gasteiger partial charge is 0.325 e. The molecule has 30 heavy (non-hydrogen) atoms. The molecule has 1 aliphatic carbocycles. The van der Waals surface area contributed by atoms with Crippen LogP contribution < -0.4 is 0 Å². The van der Waals surface area contributed by atoms with Gasteiger partial charge in [0.1, 0.15) is 11.4 Å². The van der Waals surface area contributed by atoms with E-state index in [9.17, 15) is 14.4 Å². The number of fused-ring (bicyclic) bond motifs is 1. The molecule has 0 bridgehead atoms. The first-order valence-corrected chi connectivity index (χ1v) is 10.2. The Morgan fingerprint density at radius 2 is 1.80 bits per heavy atom. The molecule has 0 aromatic heterocycles. The van der Waals surface area contributed by atoms with Crippen LogP contribution in [-0.2, 0) is 20.7 Å². The molecule has 0 amide bonds. The molecule has 0 aliphatic heterocycles. The van der Waals surface area contributed by atoms with E-state index in [1.807, 2.05) is 30.3 Å². The second-order valence-electron chi connectivity index (χ2n) is 8.67. The van der Waals surface area contributed by atoms with Gasteiger partial charge in [0.25, 0.3) is 0 Å². The molecule has 0 N–H and O–H groups in total. The van der Waals surface area contributed by atoms with Gasteiger partial charge in [-0.1, -0.05) is 48.0 Å². The Bertz CT molecular complexity index is 1030. The van der Waals surface area contributed by atoms with Crippen molar-refractivity contribution in [3.8, 4) is 0 Å². The Kier molecular flexibility index (Phi) is 6.00. The Morgan fingerprint density at radius 3 is 2.40 bits per heavy atom. The molecule has 2 aromatic carbocycles. The van der Waals surface area contributed by atoms with E-state index in [4.69, 9.17) is 16.3 Å². The third kappa shape index (κ3) is 4.39. The number of hydrogen-bond donors (Lipinski definition) is 0. The molecule has 0 radical (unpaired) electrons. The number of ketones is 2. The van der Waals surface area contributed by atoms with E-state index in [1.165, 1.54) is 6.92 Å². The van der Waals surface area contributed by atoms with Gasteiger partial charge in [0.2, 0.25) is 0 Å². The molecule has 0 unspecified atom stereocenters. The highest BCUT2D eigenvalue weighted by atomic mass is 35.5. The summed E-state index contributed by atoms with van der Waals surface area (Å²) in [5, 5.41) is 0.488. The van der Waals surface area contributed by atoms with Gasteiger partial charge in [0.15, 0.2) is 11.2 Å². The summed E-state index contributed by atoms with van der Waals surface area (Å²) >= 11 is 6.15. The number of carbonyl (C=O) groups is 3. The van der Waals surface area contributed by atoms with E-state index < -0.39 is 17.0 Å². The van der Waals surface area contributed by atoms with Gasteiger partial charge in [-0.2, -0.15) is 0 Å². The lowest BCUT2D eigenvalue weighted by Gasteiger charge is -2.32. The van der Waals surface area contributed by atoms with Crippen molar-refractivity contribution in [1.82, 2.24) is 0 Å². The summed E-state index contributed by atoms with van der Waals surface area (Å²) in [4.78, 5) is 39.4. The molecule has 0 fully saturated rings. The SMILES string of the molecule is CC(=O)C/C(=C\c1ccccc1)[C@@]1(C(=O)OC(C)(C)C)Cc2cc(Cl)ccc2C1=O. The maximum absolute atomic E-state index is 13.7. The molecular formula is C25H25ClO4. The first kappa shape index (κ1) is 22.0. The Morgan fingerprint density at radius 1 is 1.13 bits per heavy atom. The van der Waals surface area contributed by atoms with E-state index in [0.29, 0.717) is 21.7 Å². The van der Waals surface area contributed by atoms with Gasteiger partial charge in [-0.25, -0.2) is 0 Å². The Balaban J connectivity index is 2.22. The van der Waals surface area contributed by atoms with Crippen LogP contribution in [0.25, 0.3) is 6.08 Å². The van der Waals surface area contributed by atoms with Crippen molar-refractivity contribution in [2.24, 2.45) is 5.41 Å². The number of ether oxygens (including phenoxy) is 1. The lowest BCUT2D eigenvalue weighted by Crippen LogP contribution is -2.44. The Labute approximate surface area is 181 Å². The summed E-state index contributed by atoms with van der Waals surface area (Å²) in [7, 11) is 0. The van der Waals surface area contributed by atoms with Crippen LogP contribution >= 0.6 is 11.6 Å². The van der Waals surface area contributed by atoms with Crippen molar-refractivity contribution < 1.29 is 19.1 Å². The fourth-order valence-corrected chi connectivity index (χ4v) is 3.98. The minimum Gasteiger partial charge on any atom is -0.459 e. The van der Waals surface area contributed by atoms with E-state index in [0.717, 1.165) is 5.56 Å². The molecule has 2 aromatic rings. The second-order valence-corrected chi connectivity index (χ2v) is 9.11. The normalized spacial score (nSPS) is 18.8. The van der Waals surface area contributed by atoms with Gasteiger partial charge in [-0.3, -0.25) is 14.4 Å². The van der Waals surface area contributed by atoms with E-state index in [-0.39, 0.29) is 24.4 Å². The van der Waals surface area contributed by atoms with Crippen LogP contribution in [0.3, 0.4) is 0 Å². The molecule has 0 heterocycles. The zero-order valence-corrected chi connectivity index (χ0v) is 18.4. The molecule has 1 atom stereocenters. The maximum Gasteiger partial charge on any atom is 0.325 e. The van der Waals surface area contributed by atoms with Crippen molar-refractivity contribution in [3.63, 3.8) is 0 Å². The topological polar surface area (TPSA) is 60.4 Å². The van der Waals surface area contributed by atoms with Gasteiger partial charge in [0.05, 0.1) is 0 Å². The van der Waals surface area contributed by atoms with Gasteiger partial charge in [0, 0.05) is 23.4 Å². The number of halogens is 1. The van der Waals surface area contributed by atoms with Crippen molar-refractivity contribution in [1.29, 1.82) is 0 Å². The van der Waals surface area contributed by atoms with Crippen molar-refractivity contribution in [3.05, 3.63) is 75.8 Å². The molecule has 0 saturated heterocycles. The molecule has 0 saturated carbocycles. The number of Topliss-reactive ketones (excluding diaryl/α,β-unsaturated/α-hetero) is 2.